The highest BCUT2D eigenvalue weighted by Crippen LogP contribution is 2.11. The highest BCUT2D eigenvalue weighted by atomic mass is 16.3. The van der Waals surface area contributed by atoms with Gasteiger partial charge in [0.05, 0.1) is 11.8 Å². The molecule has 5 nitrogen and oxygen atoms in total. The van der Waals surface area contributed by atoms with Crippen molar-refractivity contribution in [3.05, 3.63) is 17.5 Å². The van der Waals surface area contributed by atoms with Crippen LogP contribution in [0.25, 0.3) is 0 Å². The van der Waals surface area contributed by atoms with Gasteiger partial charge >= 0.3 is 0 Å². The molecule has 1 atom stereocenters. The van der Waals surface area contributed by atoms with Gasteiger partial charge in [-0.1, -0.05) is 0 Å². The van der Waals surface area contributed by atoms with E-state index in [1.54, 1.807) is 4.90 Å². The van der Waals surface area contributed by atoms with Gasteiger partial charge in [-0.15, -0.1) is 0 Å². The minimum atomic E-state index is -0.351. The monoisotopic (exact) mass is 251 g/mol. The lowest BCUT2D eigenvalue weighted by Gasteiger charge is -2.30. The molecule has 0 bridgehead atoms. The molecular weight excluding hydrogens is 230 g/mol. The Morgan fingerprint density at radius 3 is 2.94 bits per heavy atom. The van der Waals surface area contributed by atoms with E-state index in [0.717, 1.165) is 30.8 Å². The zero-order valence-electron chi connectivity index (χ0n) is 11.1. The summed E-state index contributed by atoms with van der Waals surface area (Å²) >= 11 is 0. The van der Waals surface area contributed by atoms with Crippen molar-refractivity contribution in [2.24, 2.45) is 0 Å². The highest BCUT2D eigenvalue weighted by molar-refractivity contribution is 5.76. The summed E-state index contributed by atoms with van der Waals surface area (Å²) in [5.74, 6) is 0.112. The summed E-state index contributed by atoms with van der Waals surface area (Å²) in [4.78, 5) is 13.8. The number of aliphatic hydroxyl groups excluding tert-OH is 1. The first-order chi connectivity index (χ1) is 8.56. The molecule has 2 heterocycles. The van der Waals surface area contributed by atoms with Crippen LogP contribution in [-0.4, -0.2) is 44.9 Å². The Hall–Kier alpha value is -1.36. The fourth-order valence-corrected chi connectivity index (χ4v) is 2.44. The third-order valence-corrected chi connectivity index (χ3v) is 3.39. The number of hydrogen-bond acceptors (Lipinski definition) is 3. The lowest BCUT2D eigenvalue weighted by Crippen LogP contribution is -2.42. The Labute approximate surface area is 107 Å². The van der Waals surface area contributed by atoms with Crippen LogP contribution in [0.5, 0.6) is 0 Å². The van der Waals surface area contributed by atoms with Gasteiger partial charge in [0, 0.05) is 31.7 Å². The van der Waals surface area contributed by atoms with Crippen molar-refractivity contribution < 1.29 is 9.90 Å². The van der Waals surface area contributed by atoms with E-state index in [4.69, 9.17) is 0 Å². The predicted molar refractivity (Wildman–Crippen MR) is 68.1 cm³/mol. The summed E-state index contributed by atoms with van der Waals surface area (Å²) in [5.41, 5.74) is 2.06. The minimum Gasteiger partial charge on any atom is -0.391 e. The minimum absolute atomic E-state index is 0.112. The van der Waals surface area contributed by atoms with Gasteiger partial charge < -0.3 is 10.0 Å². The molecule has 0 saturated carbocycles. The Morgan fingerprint density at radius 1 is 1.56 bits per heavy atom. The molecule has 1 aliphatic heterocycles. The van der Waals surface area contributed by atoms with Crippen molar-refractivity contribution in [3.8, 4) is 0 Å². The van der Waals surface area contributed by atoms with Gasteiger partial charge in [0.2, 0.25) is 5.91 Å². The summed E-state index contributed by atoms with van der Waals surface area (Å²) in [7, 11) is 0. The van der Waals surface area contributed by atoms with Crippen LogP contribution in [0.4, 0.5) is 0 Å². The number of aromatic nitrogens is 2. The summed E-state index contributed by atoms with van der Waals surface area (Å²) in [6.45, 7) is 5.81. The second kappa shape index (κ2) is 5.52. The maximum atomic E-state index is 12.0. The van der Waals surface area contributed by atoms with Crippen LogP contribution in [0.15, 0.2) is 6.07 Å². The van der Waals surface area contributed by atoms with E-state index < -0.39 is 0 Å². The Kier molecular flexibility index (Phi) is 4.01. The van der Waals surface area contributed by atoms with Gasteiger partial charge in [0.15, 0.2) is 0 Å². The molecule has 1 aliphatic rings. The number of aryl methyl sites for hydroxylation is 3. The number of hydrogen-bond donors (Lipinski definition) is 1. The average Bonchev–Trinajstić information content (AvgIpc) is 2.65. The van der Waals surface area contributed by atoms with Gasteiger partial charge in [-0.25, -0.2) is 0 Å². The van der Waals surface area contributed by atoms with E-state index in [1.807, 2.05) is 24.6 Å². The van der Waals surface area contributed by atoms with Crippen LogP contribution in [-0.2, 0) is 11.3 Å². The number of β-amino-alcohol motifs (C(OH)–C–C–N with tert-alkyl or cyclic N) is 1. The molecule has 0 aliphatic carbocycles. The van der Waals surface area contributed by atoms with Crippen molar-refractivity contribution in [2.45, 2.75) is 45.8 Å². The summed E-state index contributed by atoms with van der Waals surface area (Å²) < 4.78 is 1.87. The van der Waals surface area contributed by atoms with E-state index in [-0.39, 0.29) is 12.0 Å². The van der Waals surface area contributed by atoms with Crippen LogP contribution >= 0.6 is 0 Å². The lowest BCUT2D eigenvalue weighted by molar-refractivity contribution is -0.134. The molecule has 0 radical (unpaired) electrons. The molecule has 1 aromatic rings. The molecule has 2 rings (SSSR count). The first kappa shape index (κ1) is 13.1. The van der Waals surface area contributed by atoms with Crippen LogP contribution in [0, 0.1) is 13.8 Å². The van der Waals surface area contributed by atoms with E-state index in [9.17, 15) is 9.90 Å². The number of piperidine rings is 1. The fourth-order valence-electron chi connectivity index (χ4n) is 2.44. The Bertz CT molecular complexity index is 428. The molecule has 1 aromatic heterocycles. The standard InChI is InChI=1S/C13H21N3O2/c1-10-8-11(2)16(14-10)7-5-13(18)15-6-3-4-12(17)9-15/h8,12,17H,3-7,9H2,1-2H3. The number of nitrogens with zero attached hydrogens (tertiary/aromatic N) is 3. The maximum absolute atomic E-state index is 12.0. The van der Waals surface area contributed by atoms with Crippen LogP contribution in [0.2, 0.25) is 0 Å². The van der Waals surface area contributed by atoms with Crippen LogP contribution in [0.3, 0.4) is 0 Å². The van der Waals surface area contributed by atoms with Crippen molar-refractivity contribution >= 4 is 5.91 Å². The fraction of sp³-hybridized carbons (Fsp3) is 0.692. The third-order valence-electron chi connectivity index (χ3n) is 3.39. The first-order valence-corrected chi connectivity index (χ1v) is 6.53. The van der Waals surface area contributed by atoms with Crippen molar-refractivity contribution in [1.29, 1.82) is 0 Å². The SMILES string of the molecule is Cc1cc(C)n(CCC(=O)N2CCCC(O)C2)n1. The number of amides is 1. The summed E-state index contributed by atoms with van der Waals surface area (Å²) in [5, 5.41) is 13.9. The van der Waals surface area contributed by atoms with Crippen LogP contribution < -0.4 is 0 Å². The smallest absolute Gasteiger partial charge is 0.224 e. The molecule has 1 fully saturated rings. The molecular formula is C13H21N3O2. The molecule has 0 aromatic carbocycles. The average molecular weight is 251 g/mol. The lowest BCUT2D eigenvalue weighted by atomic mass is 10.1. The number of carbonyl (C=O) groups excluding carboxylic acids is 1. The van der Waals surface area contributed by atoms with E-state index >= 15 is 0 Å². The maximum Gasteiger partial charge on any atom is 0.224 e. The Balaban J connectivity index is 1.86. The second-order valence-corrected chi connectivity index (χ2v) is 5.04. The van der Waals surface area contributed by atoms with Gasteiger partial charge in [0.1, 0.15) is 0 Å². The molecule has 1 unspecified atom stereocenters. The zero-order chi connectivity index (χ0) is 13.1. The number of rotatable bonds is 3. The number of aliphatic hydroxyl groups is 1. The molecule has 100 valence electrons. The largest absolute Gasteiger partial charge is 0.391 e. The zero-order valence-corrected chi connectivity index (χ0v) is 11.1. The van der Waals surface area contributed by atoms with Gasteiger partial charge in [0.25, 0.3) is 0 Å². The normalized spacial score (nSPS) is 20.2. The van der Waals surface area contributed by atoms with E-state index in [0.29, 0.717) is 19.5 Å². The van der Waals surface area contributed by atoms with Crippen molar-refractivity contribution in [2.75, 3.05) is 13.1 Å². The topological polar surface area (TPSA) is 58.4 Å². The summed E-state index contributed by atoms with van der Waals surface area (Å²) in [6.07, 6.45) is 1.80. The molecule has 5 heteroatoms. The third kappa shape index (κ3) is 3.10. The molecule has 0 spiro atoms. The second-order valence-electron chi connectivity index (χ2n) is 5.04. The molecule has 1 saturated heterocycles. The number of carbonyl (C=O) groups is 1. The molecule has 1 N–H and O–H groups in total. The summed E-state index contributed by atoms with van der Waals surface area (Å²) in [6, 6.07) is 2.01. The predicted octanol–water partition coefficient (Wildman–Crippen LogP) is 0.873. The van der Waals surface area contributed by atoms with Gasteiger partial charge in [-0.05, 0) is 32.8 Å². The van der Waals surface area contributed by atoms with Gasteiger partial charge in [-0.2, -0.15) is 5.10 Å². The van der Waals surface area contributed by atoms with Crippen LogP contribution in [0.1, 0.15) is 30.7 Å². The van der Waals surface area contributed by atoms with E-state index in [1.165, 1.54) is 0 Å². The first-order valence-electron chi connectivity index (χ1n) is 6.53. The molecule has 1 amide bonds. The number of likely N-dealkylation sites (tertiary alicyclic amines) is 1. The van der Waals surface area contributed by atoms with Gasteiger partial charge in [-0.3, -0.25) is 9.48 Å². The van der Waals surface area contributed by atoms with Crippen molar-refractivity contribution in [1.82, 2.24) is 14.7 Å². The Morgan fingerprint density at radius 2 is 2.33 bits per heavy atom. The van der Waals surface area contributed by atoms with E-state index in [2.05, 4.69) is 5.10 Å². The van der Waals surface area contributed by atoms with Crippen molar-refractivity contribution in [3.63, 3.8) is 0 Å². The quantitative estimate of drug-likeness (QED) is 0.867. The highest BCUT2D eigenvalue weighted by Gasteiger charge is 2.21. The molecule has 18 heavy (non-hydrogen) atoms.